The minimum atomic E-state index is -3.76. The summed E-state index contributed by atoms with van der Waals surface area (Å²) in [5.74, 6) is 0.164. The molecule has 0 bridgehead atoms. The van der Waals surface area contributed by atoms with Gasteiger partial charge in [0, 0.05) is 0 Å². The molecule has 0 saturated carbocycles. The molecule has 0 unspecified atom stereocenters. The van der Waals surface area contributed by atoms with E-state index in [4.69, 9.17) is 9.05 Å². The van der Waals surface area contributed by atoms with Crippen LogP contribution in [0.2, 0.25) is 0 Å². The second kappa shape index (κ2) is 7.34. The number of rotatable bonds is 6. The Balaban J connectivity index is 2.32. The van der Waals surface area contributed by atoms with Crippen molar-refractivity contribution in [3.05, 3.63) is 59.7 Å². The summed E-state index contributed by atoms with van der Waals surface area (Å²) in [6.07, 6.45) is -0.466. The van der Waals surface area contributed by atoms with Gasteiger partial charge in [-0.15, -0.1) is 0 Å². The van der Waals surface area contributed by atoms with Crippen LogP contribution in [0, 0.1) is 13.8 Å². The van der Waals surface area contributed by atoms with Gasteiger partial charge in [0.25, 0.3) is 0 Å². The van der Waals surface area contributed by atoms with Crippen LogP contribution in [0.4, 0.5) is 0 Å². The maximum absolute atomic E-state index is 13.1. The quantitative estimate of drug-likeness (QED) is 0.587. The van der Waals surface area contributed by atoms with Crippen molar-refractivity contribution in [2.75, 3.05) is 13.3 Å². The molecule has 0 aliphatic carbocycles. The van der Waals surface area contributed by atoms with Gasteiger partial charge >= 0.3 is 13.6 Å². The molecule has 122 valence electrons. The second-order valence-corrected chi connectivity index (χ2v) is 6.96. The molecule has 0 heterocycles. The molecule has 0 radical (unpaired) electrons. The van der Waals surface area contributed by atoms with E-state index in [1.165, 1.54) is 7.11 Å². The SMILES string of the molecule is COC(=O)CP(=O)(Oc1ccccc1C)Oc1ccccc1C. The van der Waals surface area contributed by atoms with E-state index in [9.17, 15) is 9.36 Å². The van der Waals surface area contributed by atoms with Crippen LogP contribution in [0.5, 0.6) is 11.5 Å². The first-order chi connectivity index (χ1) is 10.9. The number of hydrogen-bond acceptors (Lipinski definition) is 5. The molecule has 6 heteroatoms. The smallest absolute Gasteiger partial charge is 0.441 e. The first-order valence-corrected chi connectivity index (χ1v) is 8.82. The number of aryl methyl sites for hydroxylation is 2. The summed E-state index contributed by atoms with van der Waals surface area (Å²) in [5.41, 5.74) is 1.59. The molecule has 0 amide bonds. The Morgan fingerprint density at radius 3 is 1.74 bits per heavy atom. The van der Waals surface area contributed by atoms with Gasteiger partial charge in [0.2, 0.25) is 0 Å². The molecule has 5 nitrogen and oxygen atoms in total. The van der Waals surface area contributed by atoms with E-state index in [0.29, 0.717) is 11.5 Å². The lowest BCUT2D eigenvalue weighted by Crippen LogP contribution is -2.14. The number of para-hydroxylation sites is 2. The highest BCUT2D eigenvalue weighted by Gasteiger charge is 2.33. The van der Waals surface area contributed by atoms with Crippen molar-refractivity contribution < 1.29 is 23.1 Å². The van der Waals surface area contributed by atoms with Crippen molar-refractivity contribution in [3.8, 4) is 11.5 Å². The molecular weight excluding hydrogens is 315 g/mol. The average molecular weight is 334 g/mol. The summed E-state index contributed by atoms with van der Waals surface area (Å²) in [6.45, 7) is 3.65. The Bertz CT molecular complexity index is 690. The summed E-state index contributed by atoms with van der Waals surface area (Å²) in [4.78, 5) is 11.6. The van der Waals surface area contributed by atoms with Gasteiger partial charge in [0.05, 0.1) is 7.11 Å². The van der Waals surface area contributed by atoms with Gasteiger partial charge in [-0.25, -0.2) is 4.57 Å². The van der Waals surface area contributed by atoms with E-state index >= 15 is 0 Å². The predicted molar refractivity (Wildman–Crippen MR) is 88.1 cm³/mol. The molecule has 0 N–H and O–H groups in total. The maximum Gasteiger partial charge on any atom is 0.441 e. The maximum atomic E-state index is 13.1. The fourth-order valence-electron chi connectivity index (χ4n) is 1.92. The van der Waals surface area contributed by atoms with E-state index in [2.05, 4.69) is 4.74 Å². The highest BCUT2D eigenvalue weighted by atomic mass is 31.2. The number of methoxy groups -OCH3 is 1. The number of esters is 1. The summed E-state index contributed by atoms with van der Waals surface area (Å²) < 4.78 is 28.9. The first-order valence-electron chi connectivity index (χ1n) is 7.10. The van der Waals surface area contributed by atoms with Crippen LogP contribution in [-0.4, -0.2) is 19.2 Å². The second-order valence-electron chi connectivity index (χ2n) is 5.06. The molecule has 0 atom stereocenters. The summed E-state index contributed by atoms with van der Waals surface area (Å²) in [6, 6.07) is 14.2. The molecule has 23 heavy (non-hydrogen) atoms. The third-order valence-electron chi connectivity index (χ3n) is 3.21. The van der Waals surface area contributed by atoms with Crippen LogP contribution in [0.15, 0.2) is 48.5 Å². The lowest BCUT2D eigenvalue weighted by atomic mass is 10.2. The lowest BCUT2D eigenvalue weighted by Gasteiger charge is -2.21. The van der Waals surface area contributed by atoms with Crippen LogP contribution in [-0.2, 0) is 14.1 Å². The molecule has 2 rings (SSSR count). The Hall–Kier alpha value is -2.26. The van der Waals surface area contributed by atoms with Gasteiger partial charge in [-0.05, 0) is 37.1 Å². The highest BCUT2D eigenvalue weighted by molar-refractivity contribution is 7.55. The number of carbonyl (C=O) groups excluding carboxylic acids is 1. The van der Waals surface area contributed by atoms with E-state index < -0.39 is 19.7 Å². The fourth-order valence-corrected chi connectivity index (χ4v) is 3.54. The molecule has 0 aliphatic heterocycles. The van der Waals surface area contributed by atoms with Crippen molar-refractivity contribution in [3.63, 3.8) is 0 Å². The minimum Gasteiger partial charge on any atom is -0.468 e. The third kappa shape index (κ3) is 4.60. The molecule has 0 aromatic heterocycles. The minimum absolute atomic E-state index is 0.410. The number of carbonyl (C=O) groups is 1. The van der Waals surface area contributed by atoms with Gasteiger partial charge < -0.3 is 13.8 Å². The highest BCUT2D eigenvalue weighted by Crippen LogP contribution is 2.49. The molecular formula is C17H19O5P. The standard InChI is InChI=1S/C17H19O5P/c1-13-8-4-6-10-15(13)21-23(19,12-17(18)20-3)22-16-11-7-5-9-14(16)2/h4-11H,12H2,1-3H3. The van der Waals surface area contributed by atoms with Gasteiger partial charge in [-0.3, -0.25) is 4.79 Å². The van der Waals surface area contributed by atoms with Crippen LogP contribution in [0.25, 0.3) is 0 Å². The summed E-state index contributed by atoms with van der Waals surface area (Å²) >= 11 is 0. The molecule has 0 spiro atoms. The summed E-state index contributed by atoms with van der Waals surface area (Å²) in [7, 11) is -2.53. The van der Waals surface area contributed by atoms with Crippen LogP contribution in [0.1, 0.15) is 11.1 Å². The van der Waals surface area contributed by atoms with E-state index in [-0.39, 0.29) is 0 Å². The van der Waals surface area contributed by atoms with Gasteiger partial charge in [0.1, 0.15) is 11.5 Å². The van der Waals surface area contributed by atoms with E-state index in [0.717, 1.165) is 11.1 Å². The third-order valence-corrected chi connectivity index (χ3v) is 4.81. The van der Waals surface area contributed by atoms with E-state index in [1.54, 1.807) is 24.3 Å². The van der Waals surface area contributed by atoms with Crippen molar-refractivity contribution >= 4 is 13.6 Å². The Labute approximate surface area is 135 Å². The van der Waals surface area contributed by atoms with Gasteiger partial charge in [-0.1, -0.05) is 36.4 Å². The van der Waals surface area contributed by atoms with Gasteiger partial charge in [0.15, 0.2) is 6.16 Å². The number of ether oxygens (including phenoxy) is 1. The predicted octanol–water partition coefficient (Wildman–Crippen LogP) is 4.13. The van der Waals surface area contributed by atoms with Crippen molar-refractivity contribution in [2.45, 2.75) is 13.8 Å². The monoisotopic (exact) mass is 334 g/mol. The van der Waals surface area contributed by atoms with Gasteiger partial charge in [-0.2, -0.15) is 0 Å². The lowest BCUT2D eigenvalue weighted by molar-refractivity contribution is -0.137. The van der Waals surface area contributed by atoms with Crippen LogP contribution < -0.4 is 9.05 Å². The number of hydrogen-bond donors (Lipinski definition) is 0. The molecule has 2 aromatic rings. The Kier molecular flexibility index (Phi) is 5.45. The van der Waals surface area contributed by atoms with Crippen molar-refractivity contribution in [2.24, 2.45) is 0 Å². The number of benzene rings is 2. The molecule has 0 fully saturated rings. The first kappa shape index (κ1) is 17.1. The van der Waals surface area contributed by atoms with E-state index in [1.807, 2.05) is 38.1 Å². The van der Waals surface area contributed by atoms with Crippen molar-refractivity contribution in [1.29, 1.82) is 0 Å². The Morgan fingerprint density at radius 2 is 1.35 bits per heavy atom. The summed E-state index contributed by atoms with van der Waals surface area (Å²) in [5, 5.41) is 0. The fraction of sp³-hybridized carbons (Fsp3) is 0.235. The van der Waals surface area contributed by atoms with Crippen molar-refractivity contribution in [1.82, 2.24) is 0 Å². The topological polar surface area (TPSA) is 61.8 Å². The molecule has 0 saturated heterocycles. The largest absolute Gasteiger partial charge is 0.468 e. The molecule has 2 aromatic carbocycles. The zero-order chi connectivity index (χ0) is 16.9. The van der Waals surface area contributed by atoms with Crippen LogP contribution >= 0.6 is 7.60 Å². The molecule has 0 aliphatic rings. The normalized spacial score (nSPS) is 10.9. The zero-order valence-corrected chi connectivity index (χ0v) is 14.2. The van der Waals surface area contributed by atoms with Crippen LogP contribution in [0.3, 0.4) is 0 Å². The zero-order valence-electron chi connectivity index (χ0n) is 13.3. The average Bonchev–Trinajstić information content (AvgIpc) is 2.52. The Morgan fingerprint density at radius 1 is 0.913 bits per heavy atom.